The molecule has 1 aliphatic rings. The summed E-state index contributed by atoms with van der Waals surface area (Å²) < 4.78 is 51.5. The summed E-state index contributed by atoms with van der Waals surface area (Å²) in [6.45, 7) is -0.0447. The van der Waals surface area contributed by atoms with Gasteiger partial charge in [0, 0.05) is 18.7 Å². The molecule has 0 radical (unpaired) electrons. The van der Waals surface area contributed by atoms with Gasteiger partial charge in [0.2, 0.25) is 5.88 Å². The normalized spacial score (nSPS) is 15.9. The molecule has 29 heavy (non-hydrogen) atoms. The number of hydrogen-bond acceptors (Lipinski definition) is 6. The van der Waals surface area contributed by atoms with Gasteiger partial charge in [-0.15, -0.1) is 0 Å². The van der Waals surface area contributed by atoms with Gasteiger partial charge < -0.3 is 19.7 Å². The molecule has 0 saturated carbocycles. The van der Waals surface area contributed by atoms with E-state index in [0.717, 1.165) is 11.0 Å². The van der Waals surface area contributed by atoms with E-state index in [-0.39, 0.29) is 37.1 Å². The third-order valence-corrected chi connectivity index (χ3v) is 4.26. The second-order valence-corrected chi connectivity index (χ2v) is 6.19. The number of anilines is 1. The fraction of sp³-hybridized carbons (Fsp3) is 0.333. The van der Waals surface area contributed by atoms with Crippen LogP contribution in [0.1, 0.15) is 27.3 Å². The third-order valence-electron chi connectivity index (χ3n) is 4.26. The van der Waals surface area contributed by atoms with E-state index < -0.39 is 40.9 Å². The molecule has 1 N–H and O–H groups in total. The quantitative estimate of drug-likeness (QED) is 0.813. The van der Waals surface area contributed by atoms with Gasteiger partial charge in [-0.05, 0) is 12.5 Å². The molecule has 8 nitrogen and oxygen atoms in total. The van der Waals surface area contributed by atoms with Gasteiger partial charge in [0.25, 0.3) is 11.8 Å². The van der Waals surface area contributed by atoms with Gasteiger partial charge in [-0.25, -0.2) is 13.2 Å². The minimum atomic E-state index is -1.19. The highest BCUT2D eigenvalue weighted by Crippen LogP contribution is 2.24. The summed E-state index contributed by atoms with van der Waals surface area (Å²) in [6.07, 6.45) is -1.04. The molecule has 0 spiro atoms. The van der Waals surface area contributed by atoms with Gasteiger partial charge in [-0.2, -0.15) is 9.97 Å². The molecule has 0 unspecified atom stereocenters. The first kappa shape index (κ1) is 20.4. The number of rotatable bonds is 5. The Morgan fingerprint density at radius 1 is 1.14 bits per heavy atom. The lowest BCUT2D eigenvalue weighted by atomic mass is 10.1. The Morgan fingerprint density at radius 3 is 2.52 bits per heavy atom. The van der Waals surface area contributed by atoms with Crippen molar-refractivity contribution in [2.75, 3.05) is 32.6 Å². The number of alkyl halides is 1. The summed E-state index contributed by atoms with van der Waals surface area (Å²) in [5.74, 6) is -3.82. The fourth-order valence-electron chi connectivity index (χ4n) is 2.78. The number of nitrogens with one attached hydrogen (secondary N) is 1. The minimum absolute atomic E-state index is 0.0345. The van der Waals surface area contributed by atoms with E-state index >= 15 is 0 Å². The molecular formula is C18H17F3N4O4. The number of carbonyl (C=O) groups is 2. The minimum Gasteiger partial charge on any atom is -0.481 e. The van der Waals surface area contributed by atoms with Crippen LogP contribution >= 0.6 is 0 Å². The zero-order chi connectivity index (χ0) is 21.1. The van der Waals surface area contributed by atoms with Crippen molar-refractivity contribution in [1.29, 1.82) is 0 Å². The van der Waals surface area contributed by atoms with Crippen molar-refractivity contribution >= 4 is 17.5 Å². The van der Waals surface area contributed by atoms with Crippen molar-refractivity contribution in [2.45, 2.75) is 12.6 Å². The second-order valence-electron chi connectivity index (χ2n) is 6.19. The number of methoxy groups -OCH3 is 2. The molecule has 2 amide bonds. The molecule has 2 heterocycles. The highest BCUT2D eigenvalue weighted by molar-refractivity contribution is 6.04. The Bertz CT molecular complexity index is 935. The SMILES string of the molecule is COc1cc(C(=O)Nc2cc(C(=O)N3CC[C@@H](F)C3)c(F)cc2F)nc(OC)n1. The molecule has 2 aromatic rings. The van der Waals surface area contributed by atoms with Crippen LogP contribution in [0.25, 0.3) is 0 Å². The van der Waals surface area contributed by atoms with Gasteiger partial charge in [0.05, 0.1) is 32.0 Å². The standard InChI is InChI=1S/C18H17F3N4O4/c1-28-15-7-14(23-18(24-15)29-2)16(26)22-13-5-10(11(20)6-12(13)21)17(27)25-4-3-9(19)8-25/h5-7,9H,3-4,8H2,1-2H3,(H,22,26)/t9-/m1/s1. The maximum absolute atomic E-state index is 14.2. The Kier molecular flexibility index (Phi) is 5.85. The number of hydrogen-bond donors (Lipinski definition) is 1. The molecule has 0 aliphatic carbocycles. The average molecular weight is 410 g/mol. The fourth-order valence-corrected chi connectivity index (χ4v) is 2.78. The van der Waals surface area contributed by atoms with E-state index in [0.29, 0.717) is 6.07 Å². The molecule has 11 heteroatoms. The van der Waals surface area contributed by atoms with Gasteiger partial charge in [-0.3, -0.25) is 9.59 Å². The predicted octanol–water partition coefficient (Wildman–Crippen LogP) is 2.21. The highest BCUT2D eigenvalue weighted by atomic mass is 19.1. The number of carbonyl (C=O) groups excluding carboxylic acids is 2. The van der Waals surface area contributed by atoms with E-state index in [2.05, 4.69) is 15.3 Å². The van der Waals surface area contributed by atoms with Crippen LogP contribution < -0.4 is 14.8 Å². The van der Waals surface area contributed by atoms with Crippen LogP contribution in [-0.4, -0.2) is 60.2 Å². The van der Waals surface area contributed by atoms with Crippen molar-refractivity contribution in [3.8, 4) is 11.9 Å². The molecular weight excluding hydrogens is 393 g/mol. The van der Waals surface area contributed by atoms with E-state index in [1.807, 2.05) is 0 Å². The van der Waals surface area contributed by atoms with Crippen molar-refractivity contribution in [3.05, 3.63) is 41.1 Å². The van der Waals surface area contributed by atoms with Crippen molar-refractivity contribution < 1.29 is 32.2 Å². The van der Waals surface area contributed by atoms with Crippen LogP contribution in [0.5, 0.6) is 11.9 Å². The van der Waals surface area contributed by atoms with Crippen LogP contribution in [0, 0.1) is 11.6 Å². The Hall–Kier alpha value is -3.37. The van der Waals surface area contributed by atoms with E-state index in [4.69, 9.17) is 9.47 Å². The highest BCUT2D eigenvalue weighted by Gasteiger charge is 2.29. The molecule has 1 atom stereocenters. The zero-order valence-corrected chi connectivity index (χ0v) is 15.5. The van der Waals surface area contributed by atoms with Crippen LogP contribution in [0.15, 0.2) is 18.2 Å². The topological polar surface area (TPSA) is 93.7 Å². The molecule has 1 aromatic carbocycles. The maximum Gasteiger partial charge on any atom is 0.320 e. The van der Waals surface area contributed by atoms with Crippen molar-refractivity contribution in [3.63, 3.8) is 0 Å². The van der Waals surface area contributed by atoms with E-state index in [9.17, 15) is 22.8 Å². The van der Waals surface area contributed by atoms with Gasteiger partial charge in [0.15, 0.2) is 0 Å². The summed E-state index contributed by atoms with van der Waals surface area (Å²) in [7, 11) is 2.61. The molecule has 3 rings (SSSR count). The number of halogens is 3. The average Bonchev–Trinajstić information content (AvgIpc) is 3.15. The maximum atomic E-state index is 14.2. The van der Waals surface area contributed by atoms with Crippen molar-refractivity contribution in [1.82, 2.24) is 14.9 Å². The van der Waals surface area contributed by atoms with Gasteiger partial charge in [-0.1, -0.05) is 0 Å². The van der Waals surface area contributed by atoms with Crippen molar-refractivity contribution in [2.24, 2.45) is 0 Å². The Labute approximate surface area is 163 Å². The largest absolute Gasteiger partial charge is 0.481 e. The summed E-state index contributed by atoms with van der Waals surface area (Å²) in [4.78, 5) is 33.7. The first-order valence-corrected chi connectivity index (χ1v) is 8.53. The first-order chi connectivity index (χ1) is 13.8. The van der Waals surface area contributed by atoms with Gasteiger partial charge in [0.1, 0.15) is 23.5 Å². The molecule has 1 saturated heterocycles. The number of aromatic nitrogens is 2. The summed E-state index contributed by atoms with van der Waals surface area (Å²) in [5, 5.41) is 2.22. The molecule has 1 aliphatic heterocycles. The number of ether oxygens (including phenoxy) is 2. The Morgan fingerprint density at radius 2 is 1.90 bits per heavy atom. The third kappa shape index (κ3) is 4.39. The first-order valence-electron chi connectivity index (χ1n) is 8.53. The van der Waals surface area contributed by atoms with Gasteiger partial charge >= 0.3 is 6.01 Å². The molecule has 154 valence electrons. The number of amides is 2. The van der Waals surface area contributed by atoms with Crippen LogP contribution in [0.2, 0.25) is 0 Å². The second kappa shape index (κ2) is 8.33. The lowest BCUT2D eigenvalue weighted by Gasteiger charge is -2.17. The van der Waals surface area contributed by atoms with E-state index in [1.165, 1.54) is 20.3 Å². The smallest absolute Gasteiger partial charge is 0.320 e. The number of likely N-dealkylation sites (tertiary alicyclic amines) is 1. The zero-order valence-electron chi connectivity index (χ0n) is 15.5. The summed E-state index contributed by atoms with van der Waals surface area (Å²) >= 11 is 0. The number of nitrogens with zero attached hydrogens (tertiary/aromatic N) is 3. The summed E-state index contributed by atoms with van der Waals surface area (Å²) in [5.41, 5.74) is -1.12. The van der Waals surface area contributed by atoms with E-state index in [1.54, 1.807) is 0 Å². The summed E-state index contributed by atoms with van der Waals surface area (Å²) in [6, 6.07) is 2.38. The Balaban J connectivity index is 1.87. The molecule has 0 bridgehead atoms. The monoisotopic (exact) mass is 410 g/mol. The van der Waals surface area contributed by atoms with Crippen LogP contribution in [0.4, 0.5) is 18.9 Å². The molecule has 1 aromatic heterocycles. The van der Waals surface area contributed by atoms with Crippen LogP contribution in [-0.2, 0) is 0 Å². The molecule has 1 fully saturated rings. The lowest BCUT2D eigenvalue weighted by Crippen LogP contribution is -2.30. The predicted molar refractivity (Wildman–Crippen MR) is 94.9 cm³/mol. The van der Waals surface area contributed by atoms with Crippen LogP contribution in [0.3, 0.4) is 0 Å². The number of benzene rings is 1. The lowest BCUT2D eigenvalue weighted by molar-refractivity contribution is 0.0777.